The number of aliphatic hydroxyl groups excluding tert-OH is 1. The van der Waals surface area contributed by atoms with Crippen LogP contribution in [0.2, 0.25) is 0 Å². The summed E-state index contributed by atoms with van der Waals surface area (Å²) in [5.41, 5.74) is 2.56. The van der Waals surface area contributed by atoms with Crippen LogP contribution in [-0.4, -0.2) is 29.3 Å². The topological polar surface area (TPSA) is 62.3 Å². The second kappa shape index (κ2) is 3.46. The minimum Gasteiger partial charge on any atom is -0.464 e. The number of nitrogens with one attached hydrogen (secondary N) is 1. The molecule has 1 heterocycles. The SMILES string of the molecule is COC(=O)c1cc2c([nH]1)CC(O)CC2. The lowest BCUT2D eigenvalue weighted by atomic mass is 9.96. The molecule has 0 aromatic carbocycles. The number of esters is 1. The monoisotopic (exact) mass is 195 g/mol. The number of carbonyl (C=O) groups excluding carboxylic acids is 1. The second-order valence-corrected chi connectivity index (χ2v) is 3.58. The lowest BCUT2D eigenvalue weighted by Gasteiger charge is -2.16. The van der Waals surface area contributed by atoms with E-state index in [-0.39, 0.29) is 12.1 Å². The minimum absolute atomic E-state index is 0.286. The van der Waals surface area contributed by atoms with E-state index in [1.807, 2.05) is 6.07 Å². The molecule has 4 heteroatoms. The maximum Gasteiger partial charge on any atom is 0.354 e. The predicted molar refractivity (Wildman–Crippen MR) is 50.2 cm³/mol. The molecule has 0 spiro atoms. The average Bonchev–Trinajstić information content (AvgIpc) is 2.59. The van der Waals surface area contributed by atoms with Gasteiger partial charge in [0.1, 0.15) is 5.69 Å². The molecule has 1 aliphatic rings. The fraction of sp³-hybridized carbons (Fsp3) is 0.500. The molecule has 1 aliphatic carbocycles. The highest BCUT2D eigenvalue weighted by atomic mass is 16.5. The number of hydrogen-bond acceptors (Lipinski definition) is 3. The number of hydrogen-bond donors (Lipinski definition) is 2. The Morgan fingerprint density at radius 2 is 2.50 bits per heavy atom. The van der Waals surface area contributed by atoms with Crippen molar-refractivity contribution >= 4 is 5.97 Å². The van der Waals surface area contributed by atoms with Gasteiger partial charge in [0.15, 0.2) is 0 Å². The zero-order chi connectivity index (χ0) is 10.1. The van der Waals surface area contributed by atoms with Crippen LogP contribution in [0.5, 0.6) is 0 Å². The van der Waals surface area contributed by atoms with Gasteiger partial charge in [0.25, 0.3) is 0 Å². The summed E-state index contributed by atoms with van der Waals surface area (Å²) >= 11 is 0. The maximum atomic E-state index is 11.2. The standard InChI is InChI=1S/C10H13NO3/c1-14-10(13)9-4-6-2-3-7(12)5-8(6)11-9/h4,7,11-12H,2-3,5H2,1H3. The third-order valence-corrected chi connectivity index (χ3v) is 2.58. The van der Waals surface area contributed by atoms with E-state index in [2.05, 4.69) is 9.72 Å². The van der Waals surface area contributed by atoms with Crippen LogP contribution >= 0.6 is 0 Å². The van der Waals surface area contributed by atoms with Crippen LogP contribution < -0.4 is 0 Å². The van der Waals surface area contributed by atoms with Crippen molar-refractivity contribution in [3.63, 3.8) is 0 Å². The van der Waals surface area contributed by atoms with Gasteiger partial charge in [0, 0.05) is 12.1 Å². The van der Waals surface area contributed by atoms with Gasteiger partial charge in [-0.3, -0.25) is 0 Å². The highest BCUT2D eigenvalue weighted by Gasteiger charge is 2.20. The molecule has 76 valence electrons. The van der Waals surface area contributed by atoms with Crippen molar-refractivity contribution in [3.05, 3.63) is 23.0 Å². The van der Waals surface area contributed by atoms with E-state index in [0.29, 0.717) is 12.1 Å². The summed E-state index contributed by atoms with van der Waals surface area (Å²) in [6, 6.07) is 1.81. The van der Waals surface area contributed by atoms with Crippen LogP contribution in [0, 0.1) is 0 Å². The Labute approximate surface area is 81.9 Å². The van der Waals surface area contributed by atoms with Gasteiger partial charge in [0.2, 0.25) is 0 Å². The Morgan fingerprint density at radius 1 is 1.71 bits per heavy atom. The van der Waals surface area contributed by atoms with Crippen LogP contribution in [0.15, 0.2) is 6.07 Å². The molecule has 1 aromatic heterocycles. The van der Waals surface area contributed by atoms with Crippen molar-refractivity contribution in [1.82, 2.24) is 4.98 Å². The molecule has 0 amide bonds. The molecule has 0 bridgehead atoms. The Hall–Kier alpha value is -1.29. The Balaban J connectivity index is 2.27. The Morgan fingerprint density at radius 3 is 3.21 bits per heavy atom. The van der Waals surface area contributed by atoms with E-state index in [0.717, 1.165) is 24.1 Å². The number of aliphatic hydroxyl groups is 1. The lowest BCUT2D eigenvalue weighted by molar-refractivity contribution is 0.0594. The molecule has 4 nitrogen and oxygen atoms in total. The molecule has 0 fully saturated rings. The van der Waals surface area contributed by atoms with Crippen molar-refractivity contribution in [1.29, 1.82) is 0 Å². The number of methoxy groups -OCH3 is 1. The second-order valence-electron chi connectivity index (χ2n) is 3.58. The van der Waals surface area contributed by atoms with E-state index in [4.69, 9.17) is 0 Å². The van der Waals surface area contributed by atoms with Crippen molar-refractivity contribution in [3.8, 4) is 0 Å². The molecule has 1 aromatic rings. The number of rotatable bonds is 1. The third kappa shape index (κ3) is 1.53. The molecule has 14 heavy (non-hydrogen) atoms. The van der Waals surface area contributed by atoms with Gasteiger partial charge >= 0.3 is 5.97 Å². The first-order chi connectivity index (χ1) is 6.70. The molecular formula is C10H13NO3. The summed E-state index contributed by atoms with van der Waals surface area (Å²) in [5, 5.41) is 9.42. The normalized spacial score (nSPS) is 20.3. The molecule has 1 unspecified atom stereocenters. The summed E-state index contributed by atoms with van der Waals surface area (Å²) in [4.78, 5) is 14.2. The van der Waals surface area contributed by atoms with Gasteiger partial charge in [-0.25, -0.2) is 4.79 Å². The fourth-order valence-electron chi connectivity index (χ4n) is 1.83. The third-order valence-electron chi connectivity index (χ3n) is 2.58. The summed E-state index contributed by atoms with van der Waals surface area (Å²) in [6.45, 7) is 0. The predicted octanol–water partition coefficient (Wildman–Crippen LogP) is 0.651. The van der Waals surface area contributed by atoms with Gasteiger partial charge in [0.05, 0.1) is 13.2 Å². The zero-order valence-corrected chi connectivity index (χ0v) is 8.04. The first kappa shape index (κ1) is 9.27. The minimum atomic E-state index is -0.353. The first-order valence-corrected chi connectivity index (χ1v) is 4.68. The van der Waals surface area contributed by atoms with Crippen LogP contribution in [0.4, 0.5) is 0 Å². The Bertz CT molecular complexity index is 356. The molecule has 0 saturated carbocycles. The lowest BCUT2D eigenvalue weighted by Crippen LogP contribution is -2.17. The maximum absolute atomic E-state index is 11.2. The summed E-state index contributed by atoms with van der Waals surface area (Å²) in [7, 11) is 1.36. The van der Waals surface area contributed by atoms with Crippen LogP contribution in [0.1, 0.15) is 28.2 Å². The van der Waals surface area contributed by atoms with Gasteiger partial charge < -0.3 is 14.8 Å². The van der Waals surface area contributed by atoms with E-state index >= 15 is 0 Å². The van der Waals surface area contributed by atoms with Gasteiger partial charge in [-0.1, -0.05) is 0 Å². The number of aromatic nitrogens is 1. The highest BCUT2D eigenvalue weighted by molar-refractivity contribution is 5.87. The van der Waals surface area contributed by atoms with Gasteiger partial charge in [-0.15, -0.1) is 0 Å². The molecule has 1 atom stereocenters. The van der Waals surface area contributed by atoms with E-state index in [1.54, 1.807) is 0 Å². The van der Waals surface area contributed by atoms with Crippen LogP contribution in [0.25, 0.3) is 0 Å². The summed E-state index contributed by atoms with van der Waals surface area (Å²) < 4.78 is 4.61. The number of fused-ring (bicyclic) bond motifs is 1. The van der Waals surface area contributed by atoms with E-state index in [1.165, 1.54) is 7.11 Å². The van der Waals surface area contributed by atoms with Crippen molar-refractivity contribution in [2.45, 2.75) is 25.4 Å². The molecule has 2 N–H and O–H groups in total. The quantitative estimate of drug-likeness (QED) is 0.647. The molecule has 0 aliphatic heterocycles. The fourth-order valence-corrected chi connectivity index (χ4v) is 1.83. The average molecular weight is 195 g/mol. The molecular weight excluding hydrogens is 182 g/mol. The van der Waals surface area contributed by atoms with Crippen LogP contribution in [0.3, 0.4) is 0 Å². The van der Waals surface area contributed by atoms with Crippen molar-refractivity contribution < 1.29 is 14.6 Å². The molecule has 2 rings (SSSR count). The van der Waals surface area contributed by atoms with Gasteiger partial charge in [-0.2, -0.15) is 0 Å². The number of H-pyrrole nitrogens is 1. The summed E-state index contributed by atoms with van der Waals surface area (Å²) in [6.07, 6.45) is 1.91. The van der Waals surface area contributed by atoms with Crippen LogP contribution in [-0.2, 0) is 17.6 Å². The Kier molecular flexibility index (Phi) is 2.29. The number of aryl methyl sites for hydroxylation is 1. The molecule has 0 saturated heterocycles. The van der Waals surface area contributed by atoms with Crippen molar-refractivity contribution in [2.24, 2.45) is 0 Å². The number of ether oxygens (including phenoxy) is 1. The molecule has 0 radical (unpaired) electrons. The smallest absolute Gasteiger partial charge is 0.354 e. The van der Waals surface area contributed by atoms with Gasteiger partial charge in [-0.05, 0) is 24.5 Å². The number of carbonyl (C=O) groups is 1. The summed E-state index contributed by atoms with van der Waals surface area (Å²) in [5.74, 6) is -0.353. The highest BCUT2D eigenvalue weighted by Crippen LogP contribution is 2.22. The zero-order valence-electron chi connectivity index (χ0n) is 8.04. The largest absolute Gasteiger partial charge is 0.464 e. The van der Waals surface area contributed by atoms with Crippen molar-refractivity contribution in [2.75, 3.05) is 7.11 Å². The number of aromatic amines is 1. The van der Waals surface area contributed by atoms with E-state index in [9.17, 15) is 9.90 Å². The van der Waals surface area contributed by atoms with E-state index < -0.39 is 0 Å². The first-order valence-electron chi connectivity index (χ1n) is 4.68.